The van der Waals surface area contributed by atoms with Crippen LogP contribution < -0.4 is 0 Å². The number of thioether (sulfide) groups is 1. The molecule has 3 aromatic rings. The fourth-order valence-electron chi connectivity index (χ4n) is 3.46. The number of halogens is 1. The number of carbonyl (C=O) groups excluding carboxylic acids is 1. The van der Waals surface area contributed by atoms with Gasteiger partial charge in [-0.05, 0) is 55.7 Å². The van der Waals surface area contributed by atoms with E-state index in [0.29, 0.717) is 29.5 Å². The number of rotatable bonds is 7. The standard InChI is InChI=1S/C20H19BrN4O2S/c1-28-20-23-19(12-4-5-12)25(24-20)10-13-8-14(21)6-7-15(13)17(26)16-9-22-27-18(16)11-2-3-11/h6-9,11-12H,2-5,10H2,1H3. The van der Waals surface area contributed by atoms with E-state index >= 15 is 0 Å². The van der Waals surface area contributed by atoms with Crippen molar-refractivity contribution in [1.82, 2.24) is 19.9 Å². The van der Waals surface area contributed by atoms with Crippen molar-refractivity contribution < 1.29 is 9.32 Å². The van der Waals surface area contributed by atoms with Crippen molar-refractivity contribution in [2.75, 3.05) is 6.26 Å². The highest BCUT2D eigenvalue weighted by Gasteiger charge is 2.34. The summed E-state index contributed by atoms with van der Waals surface area (Å²) in [5.41, 5.74) is 2.16. The summed E-state index contributed by atoms with van der Waals surface area (Å²) in [5, 5.41) is 9.31. The zero-order valence-electron chi connectivity index (χ0n) is 15.4. The molecule has 2 heterocycles. The molecule has 0 N–H and O–H groups in total. The van der Waals surface area contributed by atoms with Crippen molar-refractivity contribution >= 4 is 33.5 Å². The summed E-state index contributed by atoms with van der Waals surface area (Å²) >= 11 is 5.09. The maximum atomic E-state index is 13.3. The van der Waals surface area contributed by atoms with Crippen LogP contribution in [0.1, 0.15) is 70.6 Å². The molecule has 0 atom stereocenters. The van der Waals surface area contributed by atoms with Crippen LogP contribution >= 0.6 is 27.7 Å². The molecule has 0 radical (unpaired) electrons. The number of nitrogens with zero attached hydrogens (tertiary/aromatic N) is 4. The van der Waals surface area contributed by atoms with Crippen molar-refractivity contribution in [3.63, 3.8) is 0 Å². The van der Waals surface area contributed by atoms with Gasteiger partial charge < -0.3 is 4.52 Å². The first-order valence-electron chi connectivity index (χ1n) is 9.40. The number of benzene rings is 1. The Morgan fingerprint density at radius 2 is 2.04 bits per heavy atom. The summed E-state index contributed by atoms with van der Waals surface area (Å²) in [4.78, 5) is 18.0. The van der Waals surface area contributed by atoms with Crippen LogP contribution in [0.15, 0.2) is 38.5 Å². The summed E-state index contributed by atoms with van der Waals surface area (Å²) in [6.07, 6.45) is 7.96. The van der Waals surface area contributed by atoms with Gasteiger partial charge in [0.15, 0.2) is 11.5 Å². The van der Waals surface area contributed by atoms with Crippen molar-refractivity contribution in [2.24, 2.45) is 0 Å². The summed E-state index contributed by atoms with van der Waals surface area (Å²) in [5.74, 6) is 2.53. The Kier molecular flexibility index (Phi) is 4.63. The van der Waals surface area contributed by atoms with E-state index in [0.717, 1.165) is 52.5 Å². The third-order valence-corrected chi connectivity index (χ3v) is 6.26. The monoisotopic (exact) mass is 458 g/mol. The van der Waals surface area contributed by atoms with Gasteiger partial charge in [-0.25, -0.2) is 9.67 Å². The normalized spacial score (nSPS) is 16.5. The minimum atomic E-state index is -0.0381. The highest BCUT2D eigenvalue weighted by Crippen LogP contribution is 2.42. The first-order valence-corrected chi connectivity index (χ1v) is 11.4. The van der Waals surface area contributed by atoms with E-state index in [1.165, 1.54) is 0 Å². The van der Waals surface area contributed by atoms with E-state index in [2.05, 4.69) is 31.2 Å². The van der Waals surface area contributed by atoms with Crippen molar-refractivity contribution in [3.05, 3.63) is 57.1 Å². The van der Waals surface area contributed by atoms with E-state index in [9.17, 15) is 4.79 Å². The number of aromatic nitrogens is 4. The van der Waals surface area contributed by atoms with Gasteiger partial charge >= 0.3 is 0 Å². The average Bonchev–Trinajstić information content (AvgIpc) is 3.63. The topological polar surface area (TPSA) is 73.8 Å². The molecule has 0 aliphatic heterocycles. The van der Waals surface area contributed by atoms with E-state index < -0.39 is 0 Å². The van der Waals surface area contributed by atoms with Gasteiger partial charge in [0.1, 0.15) is 5.82 Å². The van der Waals surface area contributed by atoms with Crippen LogP contribution in [0, 0.1) is 0 Å². The Morgan fingerprint density at radius 3 is 2.75 bits per heavy atom. The van der Waals surface area contributed by atoms with Crippen LogP contribution in [0.25, 0.3) is 0 Å². The lowest BCUT2D eigenvalue weighted by Gasteiger charge is -2.11. The number of ketones is 1. The van der Waals surface area contributed by atoms with Crippen molar-refractivity contribution in [2.45, 2.75) is 49.2 Å². The van der Waals surface area contributed by atoms with Crippen LogP contribution in [0.2, 0.25) is 0 Å². The predicted octanol–water partition coefficient (Wildman–Crippen LogP) is 4.78. The lowest BCUT2D eigenvalue weighted by atomic mass is 9.98. The zero-order valence-corrected chi connectivity index (χ0v) is 17.8. The Bertz CT molecular complexity index is 1050. The molecular formula is C20H19BrN4O2S. The number of hydrogen-bond acceptors (Lipinski definition) is 6. The van der Waals surface area contributed by atoms with Crippen LogP contribution in [0.4, 0.5) is 0 Å². The molecule has 2 saturated carbocycles. The summed E-state index contributed by atoms with van der Waals surface area (Å²) < 4.78 is 8.27. The highest BCUT2D eigenvalue weighted by molar-refractivity contribution is 9.10. The highest BCUT2D eigenvalue weighted by atomic mass is 79.9. The Hall–Kier alpha value is -1.93. The second-order valence-corrected chi connectivity index (χ2v) is 9.09. The van der Waals surface area contributed by atoms with Gasteiger partial charge in [0, 0.05) is 21.9 Å². The lowest BCUT2D eigenvalue weighted by molar-refractivity contribution is 0.103. The molecular weight excluding hydrogens is 440 g/mol. The smallest absolute Gasteiger partial charge is 0.208 e. The molecule has 0 bridgehead atoms. The van der Waals surface area contributed by atoms with Crippen LogP contribution in [-0.4, -0.2) is 32.0 Å². The van der Waals surface area contributed by atoms with E-state index in [1.807, 2.05) is 29.1 Å². The maximum Gasteiger partial charge on any atom is 0.208 e. The fourth-order valence-corrected chi connectivity index (χ4v) is 4.23. The lowest BCUT2D eigenvalue weighted by Crippen LogP contribution is -2.12. The van der Waals surface area contributed by atoms with Crippen molar-refractivity contribution in [3.8, 4) is 0 Å². The van der Waals surface area contributed by atoms with Gasteiger partial charge in [0.25, 0.3) is 0 Å². The average molecular weight is 459 g/mol. The molecule has 2 fully saturated rings. The molecule has 144 valence electrons. The molecule has 6 nitrogen and oxygen atoms in total. The van der Waals surface area contributed by atoms with Crippen LogP contribution in [0.5, 0.6) is 0 Å². The number of hydrogen-bond donors (Lipinski definition) is 0. The molecule has 2 aromatic heterocycles. The van der Waals surface area contributed by atoms with Gasteiger partial charge in [-0.3, -0.25) is 4.79 Å². The second kappa shape index (κ2) is 7.15. The Balaban J connectivity index is 1.52. The summed E-state index contributed by atoms with van der Waals surface area (Å²) in [6.45, 7) is 0.518. The molecule has 0 spiro atoms. The summed E-state index contributed by atoms with van der Waals surface area (Å²) in [6, 6.07) is 5.76. The van der Waals surface area contributed by atoms with Gasteiger partial charge in [-0.15, -0.1) is 5.10 Å². The van der Waals surface area contributed by atoms with E-state index in [1.54, 1.807) is 18.0 Å². The minimum absolute atomic E-state index is 0.0381. The number of carbonyl (C=O) groups is 1. The largest absolute Gasteiger partial charge is 0.360 e. The van der Waals surface area contributed by atoms with Gasteiger partial charge in [-0.1, -0.05) is 32.8 Å². The molecule has 0 saturated heterocycles. The molecule has 0 amide bonds. The Labute approximate surface area is 175 Å². The molecule has 0 unspecified atom stereocenters. The van der Waals surface area contributed by atoms with Gasteiger partial charge in [-0.2, -0.15) is 0 Å². The molecule has 28 heavy (non-hydrogen) atoms. The first-order chi connectivity index (χ1) is 13.6. The summed E-state index contributed by atoms with van der Waals surface area (Å²) in [7, 11) is 0. The minimum Gasteiger partial charge on any atom is -0.360 e. The SMILES string of the molecule is CSc1nc(C2CC2)n(Cc2cc(Br)ccc2C(=O)c2cnoc2C2CC2)n1. The predicted molar refractivity (Wildman–Crippen MR) is 109 cm³/mol. The molecule has 2 aliphatic carbocycles. The van der Waals surface area contributed by atoms with E-state index in [4.69, 9.17) is 4.52 Å². The van der Waals surface area contributed by atoms with Crippen molar-refractivity contribution in [1.29, 1.82) is 0 Å². The van der Waals surface area contributed by atoms with Gasteiger partial charge in [0.2, 0.25) is 5.16 Å². The first kappa shape index (κ1) is 18.1. The van der Waals surface area contributed by atoms with Gasteiger partial charge in [0.05, 0.1) is 18.3 Å². The molecule has 8 heteroatoms. The maximum absolute atomic E-state index is 13.3. The molecule has 2 aliphatic rings. The molecule has 5 rings (SSSR count). The van der Waals surface area contributed by atoms with E-state index in [-0.39, 0.29) is 5.78 Å². The third-order valence-electron chi connectivity index (χ3n) is 5.23. The van der Waals surface area contributed by atoms with Crippen LogP contribution in [-0.2, 0) is 6.54 Å². The third kappa shape index (κ3) is 3.43. The fraction of sp³-hybridized carbons (Fsp3) is 0.400. The zero-order chi connectivity index (χ0) is 19.3. The van der Waals surface area contributed by atoms with Crippen LogP contribution in [0.3, 0.4) is 0 Å². The molecule has 1 aromatic carbocycles. The Morgan fingerprint density at radius 1 is 1.25 bits per heavy atom. The second-order valence-electron chi connectivity index (χ2n) is 7.40. The quantitative estimate of drug-likeness (QED) is 0.374.